The maximum atomic E-state index is 3.62. The van der Waals surface area contributed by atoms with Gasteiger partial charge in [-0.2, -0.15) is 0 Å². The summed E-state index contributed by atoms with van der Waals surface area (Å²) in [6, 6.07) is 0. The summed E-state index contributed by atoms with van der Waals surface area (Å²) in [5, 5.41) is 3.62. The third-order valence-electron chi connectivity index (χ3n) is 4.48. The molecular weight excluding hydrogens is 220 g/mol. The van der Waals surface area contributed by atoms with E-state index in [1.54, 1.807) is 0 Å². The van der Waals surface area contributed by atoms with E-state index in [2.05, 4.69) is 65.7 Å². The molecule has 0 aromatic rings. The molecule has 0 aliphatic heterocycles. The summed E-state index contributed by atoms with van der Waals surface area (Å²) in [5.74, 6) is 0.732. The lowest BCUT2D eigenvalue weighted by Gasteiger charge is -2.41. The first-order valence-electron chi connectivity index (χ1n) is 7.59. The Balaban J connectivity index is 4.38. The number of hydrogen-bond donors (Lipinski definition) is 1. The van der Waals surface area contributed by atoms with Crippen LogP contribution in [0.15, 0.2) is 0 Å². The smallest absolute Gasteiger partial charge is 0.0147 e. The van der Waals surface area contributed by atoms with Crippen LogP contribution in [0.1, 0.15) is 61.3 Å². The van der Waals surface area contributed by atoms with Gasteiger partial charge in [-0.1, -0.05) is 34.6 Å². The first kappa shape index (κ1) is 17.9. The van der Waals surface area contributed by atoms with Crippen LogP contribution in [0.3, 0.4) is 0 Å². The Kier molecular flexibility index (Phi) is 7.46. The summed E-state index contributed by atoms with van der Waals surface area (Å²) < 4.78 is 0. The van der Waals surface area contributed by atoms with Crippen molar-refractivity contribution in [2.45, 2.75) is 66.8 Å². The van der Waals surface area contributed by atoms with E-state index in [9.17, 15) is 0 Å². The van der Waals surface area contributed by atoms with Crippen molar-refractivity contribution in [3.8, 4) is 0 Å². The van der Waals surface area contributed by atoms with E-state index in [1.807, 2.05) is 0 Å². The quantitative estimate of drug-likeness (QED) is 0.675. The third-order valence-corrected chi connectivity index (χ3v) is 4.48. The zero-order valence-corrected chi connectivity index (χ0v) is 14.1. The van der Waals surface area contributed by atoms with Crippen molar-refractivity contribution in [3.63, 3.8) is 0 Å². The summed E-state index contributed by atoms with van der Waals surface area (Å²) in [6.07, 6.45) is 2.42. The second kappa shape index (κ2) is 7.49. The van der Waals surface area contributed by atoms with Gasteiger partial charge in [0.2, 0.25) is 0 Å². The monoisotopic (exact) mass is 256 g/mol. The highest BCUT2D eigenvalue weighted by molar-refractivity contribution is 4.85. The summed E-state index contributed by atoms with van der Waals surface area (Å²) >= 11 is 0. The normalized spacial score (nSPS) is 16.3. The lowest BCUT2D eigenvalue weighted by molar-refractivity contribution is 0.0864. The summed E-state index contributed by atoms with van der Waals surface area (Å²) in [7, 11) is 2.26. The summed E-state index contributed by atoms with van der Waals surface area (Å²) in [4.78, 5) is 2.52. The molecule has 110 valence electrons. The fraction of sp³-hybridized carbons (Fsp3) is 1.00. The predicted molar refractivity (Wildman–Crippen MR) is 83.1 cm³/mol. The van der Waals surface area contributed by atoms with Gasteiger partial charge in [-0.05, 0) is 51.6 Å². The SMILES string of the molecule is CCC(C)(CNCC(C)C)CN(C)C(C)(C)CC. The van der Waals surface area contributed by atoms with Gasteiger partial charge in [0.15, 0.2) is 0 Å². The summed E-state index contributed by atoms with van der Waals surface area (Å²) in [5.41, 5.74) is 0.671. The van der Waals surface area contributed by atoms with Gasteiger partial charge in [0.25, 0.3) is 0 Å². The molecule has 0 aliphatic rings. The Bertz CT molecular complexity index is 223. The average molecular weight is 256 g/mol. The molecule has 0 aromatic heterocycles. The predicted octanol–water partition coefficient (Wildman–Crippen LogP) is 3.77. The van der Waals surface area contributed by atoms with E-state index in [4.69, 9.17) is 0 Å². The zero-order chi connectivity index (χ0) is 14.4. The van der Waals surface area contributed by atoms with Crippen molar-refractivity contribution < 1.29 is 0 Å². The molecule has 18 heavy (non-hydrogen) atoms. The van der Waals surface area contributed by atoms with E-state index >= 15 is 0 Å². The van der Waals surface area contributed by atoms with Crippen LogP contribution in [-0.2, 0) is 0 Å². The maximum Gasteiger partial charge on any atom is 0.0147 e. The van der Waals surface area contributed by atoms with E-state index in [0.29, 0.717) is 11.0 Å². The Hall–Kier alpha value is -0.0800. The van der Waals surface area contributed by atoms with E-state index in [1.165, 1.54) is 12.8 Å². The minimum atomic E-state index is 0.300. The first-order valence-corrected chi connectivity index (χ1v) is 7.59. The van der Waals surface area contributed by atoms with Gasteiger partial charge in [0.1, 0.15) is 0 Å². The van der Waals surface area contributed by atoms with Crippen molar-refractivity contribution in [2.24, 2.45) is 11.3 Å². The number of nitrogens with one attached hydrogen (secondary N) is 1. The molecule has 1 N–H and O–H groups in total. The molecule has 0 amide bonds. The Morgan fingerprint density at radius 2 is 1.61 bits per heavy atom. The minimum Gasteiger partial charge on any atom is -0.316 e. The van der Waals surface area contributed by atoms with E-state index in [0.717, 1.165) is 25.6 Å². The van der Waals surface area contributed by atoms with Crippen molar-refractivity contribution in [3.05, 3.63) is 0 Å². The molecule has 2 heteroatoms. The summed E-state index contributed by atoms with van der Waals surface area (Å²) in [6.45, 7) is 19.6. The van der Waals surface area contributed by atoms with Gasteiger partial charge in [-0.3, -0.25) is 0 Å². The molecule has 0 rings (SSSR count). The molecule has 0 heterocycles. The molecule has 0 radical (unpaired) electrons. The van der Waals surface area contributed by atoms with Crippen molar-refractivity contribution in [1.29, 1.82) is 0 Å². The first-order chi connectivity index (χ1) is 8.17. The Morgan fingerprint density at radius 1 is 1.06 bits per heavy atom. The van der Waals surface area contributed by atoms with Crippen LogP contribution < -0.4 is 5.32 Å². The van der Waals surface area contributed by atoms with Gasteiger partial charge >= 0.3 is 0 Å². The van der Waals surface area contributed by atoms with Crippen LogP contribution in [0.25, 0.3) is 0 Å². The van der Waals surface area contributed by atoms with Gasteiger partial charge in [0.05, 0.1) is 0 Å². The highest BCUT2D eigenvalue weighted by Gasteiger charge is 2.29. The molecule has 0 saturated carbocycles. The average Bonchev–Trinajstić information content (AvgIpc) is 2.28. The molecular formula is C16H36N2. The lowest BCUT2D eigenvalue weighted by atomic mass is 9.85. The molecule has 0 aromatic carbocycles. The Morgan fingerprint density at radius 3 is 2.00 bits per heavy atom. The molecule has 1 unspecified atom stereocenters. The van der Waals surface area contributed by atoms with Gasteiger partial charge in [-0.15, -0.1) is 0 Å². The minimum absolute atomic E-state index is 0.300. The topological polar surface area (TPSA) is 15.3 Å². The number of nitrogens with zero attached hydrogens (tertiary/aromatic N) is 1. The maximum absolute atomic E-state index is 3.62. The largest absolute Gasteiger partial charge is 0.316 e. The number of rotatable bonds is 9. The Labute approximate surface area is 116 Å². The fourth-order valence-corrected chi connectivity index (χ4v) is 2.01. The van der Waals surface area contributed by atoms with Crippen LogP contribution in [0, 0.1) is 11.3 Å². The van der Waals surface area contributed by atoms with Crippen LogP contribution in [0.5, 0.6) is 0 Å². The highest BCUT2D eigenvalue weighted by atomic mass is 15.2. The van der Waals surface area contributed by atoms with Crippen molar-refractivity contribution in [1.82, 2.24) is 10.2 Å². The molecule has 0 aliphatic carbocycles. The third kappa shape index (κ3) is 6.19. The second-order valence-electron chi connectivity index (χ2n) is 7.21. The van der Waals surface area contributed by atoms with Gasteiger partial charge < -0.3 is 10.2 Å². The molecule has 0 fully saturated rings. The van der Waals surface area contributed by atoms with Crippen molar-refractivity contribution >= 4 is 0 Å². The van der Waals surface area contributed by atoms with Gasteiger partial charge in [-0.25, -0.2) is 0 Å². The number of hydrogen-bond acceptors (Lipinski definition) is 2. The van der Waals surface area contributed by atoms with E-state index in [-0.39, 0.29) is 0 Å². The van der Waals surface area contributed by atoms with Crippen LogP contribution in [0.4, 0.5) is 0 Å². The second-order valence-corrected chi connectivity index (χ2v) is 7.21. The molecule has 2 nitrogen and oxygen atoms in total. The lowest BCUT2D eigenvalue weighted by Crippen LogP contribution is -2.48. The highest BCUT2D eigenvalue weighted by Crippen LogP contribution is 2.26. The van der Waals surface area contributed by atoms with Crippen LogP contribution in [-0.4, -0.2) is 37.1 Å². The molecule has 0 saturated heterocycles. The molecule has 1 atom stereocenters. The molecule has 0 spiro atoms. The fourth-order valence-electron chi connectivity index (χ4n) is 2.01. The zero-order valence-electron chi connectivity index (χ0n) is 14.1. The van der Waals surface area contributed by atoms with E-state index < -0.39 is 0 Å². The van der Waals surface area contributed by atoms with Crippen LogP contribution >= 0.6 is 0 Å². The van der Waals surface area contributed by atoms with Gasteiger partial charge in [0, 0.05) is 18.6 Å². The standard InChI is InChI=1S/C16H36N2/c1-9-15(5,6)18(8)13-16(7,10-2)12-17-11-14(3)4/h14,17H,9-13H2,1-8H3. The molecule has 0 bridgehead atoms. The van der Waals surface area contributed by atoms with Crippen LogP contribution in [0.2, 0.25) is 0 Å². The van der Waals surface area contributed by atoms with Crippen molar-refractivity contribution in [2.75, 3.05) is 26.7 Å².